The van der Waals surface area contributed by atoms with Crippen LogP contribution in [-0.2, 0) is 10.2 Å². The van der Waals surface area contributed by atoms with Crippen molar-refractivity contribution >= 4 is 34.2 Å². The van der Waals surface area contributed by atoms with Gasteiger partial charge in [-0.3, -0.25) is 4.79 Å². The van der Waals surface area contributed by atoms with Gasteiger partial charge in [-0.15, -0.1) is 0 Å². The van der Waals surface area contributed by atoms with Crippen LogP contribution in [0.1, 0.15) is 39.3 Å². The van der Waals surface area contributed by atoms with Crippen LogP contribution in [0.2, 0.25) is 5.02 Å². The molecule has 4 aromatic rings. The summed E-state index contributed by atoms with van der Waals surface area (Å²) in [4.78, 5) is 18.0. The number of imidazole rings is 1. The van der Waals surface area contributed by atoms with Gasteiger partial charge in [0.2, 0.25) is 5.91 Å². The molecule has 0 fully saturated rings. The molecule has 1 heterocycles. The lowest BCUT2D eigenvalue weighted by atomic mass is 9.86. The normalized spacial score (nSPS) is 12.7. The van der Waals surface area contributed by atoms with E-state index in [4.69, 9.17) is 16.6 Å². The summed E-state index contributed by atoms with van der Waals surface area (Å²) < 4.78 is 1.99. The lowest BCUT2D eigenvalue weighted by Crippen LogP contribution is -2.24. The van der Waals surface area contributed by atoms with Crippen LogP contribution in [0.5, 0.6) is 0 Å². The predicted octanol–water partition coefficient (Wildman–Crippen LogP) is 6.85. The molecule has 158 valence electrons. The smallest absolute Gasteiger partial charge is 0.247 e. The topological polar surface area (TPSA) is 46.9 Å². The first-order valence-corrected chi connectivity index (χ1v) is 10.8. The molecule has 0 aliphatic heterocycles. The zero-order valence-electron chi connectivity index (χ0n) is 18.2. The number of halogens is 1. The average Bonchev–Trinajstić information content (AvgIpc) is 3.14. The monoisotopic (exact) mass is 431 g/mol. The summed E-state index contributed by atoms with van der Waals surface area (Å²) >= 11 is 6.24. The van der Waals surface area contributed by atoms with Crippen molar-refractivity contribution in [2.75, 3.05) is 5.32 Å². The summed E-state index contributed by atoms with van der Waals surface area (Å²) in [6, 6.07) is 23.1. The van der Waals surface area contributed by atoms with Crippen molar-refractivity contribution < 1.29 is 4.79 Å². The fourth-order valence-corrected chi connectivity index (χ4v) is 3.86. The van der Waals surface area contributed by atoms with E-state index in [1.54, 1.807) is 12.1 Å². The van der Waals surface area contributed by atoms with Gasteiger partial charge in [0.25, 0.3) is 0 Å². The molecule has 0 aliphatic carbocycles. The molecule has 1 unspecified atom stereocenters. The van der Waals surface area contributed by atoms with Gasteiger partial charge in [-0.1, -0.05) is 80.9 Å². The van der Waals surface area contributed by atoms with E-state index in [9.17, 15) is 4.79 Å². The molecule has 0 bridgehead atoms. The number of aromatic nitrogens is 2. The molecular formula is C26H26ClN3O. The minimum absolute atomic E-state index is 0.0702. The standard InChI is InChI=1S/C26H26ClN3O/c1-17(25(31)29-21-10-6-5-9-20(21)27)30-23-12-8-7-11-22(23)28-24(30)18-13-15-19(16-14-18)26(2,3)4/h5-17H,1-4H3,(H,29,31). The number of nitrogens with zero attached hydrogens (tertiary/aromatic N) is 2. The quantitative estimate of drug-likeness (QED) is 0.384. The van der Waals surface area contributed by atoms with Crippen molar-refractivity contribution in [2.24, 2.45) is 0 Å². The van der Waals surface area contributed by atoms with Gasteiger partial charge >= 0.3 is 0 Å². The van der Waals surface area contributed by atoms with E-state index >= 15 is 0 Å². The lowest BCUT2D eigenvalue weighted by Gasteiger charge is -2.20. The van der Waals surface area contributed by atoms with Gasteiger partial charge in [-0.25, -0.2) is 4.98 Å². The molecule has 1 atom stereocenters. The fraction of sp³-hybridized carbons (Fsp3) is 0.231. The van der Waals surface area contributed by atoms with Gasteiger partial charge < -0.3 is 9.88 Å². The van der Waals surface area contributed by atoms with Crippen LogP contribution in [0.15, 0.2) is 72.8 Å². The summed E-state index contributed by atoms with van der Waals surface area (Å²) in [7, 11) is 0. The predicted molar refractivity (Wildman–Crippen MR) is 129 cm³/mol. The molecule has 0 saturated carbocycles. The number of hydrogen-bond acceptors (Lipinski definition) is 2. The number of hydrogen-bond donors (Lipinski definition) is 1. The van der Waals surface area contributed by atoms with Gasteiger partial charge in [0.05, 0.1) is 21.7 Å². The van der Waals surface area contributed by atoms with Crippen molar-refractivity contribution in [3.63, 3.8) is 0 Å². The number of carbonyl (C=O) groups excluding carboxylic acids is 1. The molecule has 31 heavy (non-hydrogen) atoms. The average molecular weight is 432 g/mol. The van der Waals surface area contributed by atoms with Crippen molar-refractivity contribution in [3.8, 4) is 11.4 Å². The molecule has 0 radical (unpaired) electrons. The second kappa shape index (κ2) is 8.20. The van der Waals surface area contributed by atoms with E-state index in [0.29, 0.717) is 10.7 Å². The minimum Gasteiger partial charge on any atom is -0.323 e. The summed E-state index contributed by atoms with van der Waals surface area (Å²) in [6.07, 6.45) is 0. The third-order valence-corrected chi connectivity index (χ3v) is 5.83. The van der Waals surface area contributed by atoms with Gasteiger partial charge in [0.15, 0.2) is 0 Å². The Morgan fingerprint density at radius 2 is 1.61 bits per heavy atom. The number of benzene rings is 3. The maximum absolute atomic E-state index is 13.2. The van der Waals surface area contributed by atoms with Crippen LogP contribution >= 0.6 is 11.6 Å². The Bertz CT molecular complexity index is 1240. The first-order valence-electron chi connectivity index (χ1n) is 10.4. The second-order valence-electron chi connectivity index (χ2n) is 8.77. The van der Waals surface area contributed by atoms with Crippen molar-refractivity contribution in [3.05, 3.63) is 83.4 Å². The third-order valence-electron chi connectivity index (χ3n) is 5.50. The Morgan fingerprint density at radius 3 is 2.29 bits per heavy atom. The van der Waals surface area contributed by atoms with Crippen LogP contribution in [-0.4, -0.2) is 15.5 Å². The molecule has 3 aromatic carbocycles. The number of anilines is 1. The molecule has 1 N–H and O–H groups in total. The molecule has 0 spiro atoms. The van der Waals surface area contributed by atoms with E-state index in [0.717, 1.165) is 22.4 Å². The Labute approximate surface area is 187 Å². The number of para-hydroxylation sites is 3. The highest BCUT2D eigenvalue weighted by atomic mass is 35.5. The second-order valence-corrected chi connectivity index (χ2v) is 9.17. The van der Waals surface area contributed by atoms with Gasteiger partial charge in [-0.2, -0.15) is 0 Å². The number of amides is 1. The minimum atomic E-state index is -0.485. The van der Waals surface area contributed by atoms with E-state index in [1.807, 2.05) is 47.9 Å². The first kappa shape index (κ1) is 21.1. The van der Waals surface area contributed by atoms with E-state index in [-0.39, 0.29) is 11.3 Å². The van der Waals surface area contributed by atoms with Gasteiger partial charge in [-0.05, 0) is 42.2 Å². The summed E-state index contributed by atoms with van der Waals surface area (Å²) in [6.45, 7) is 8.46. The largest absolute Gasteiger partial charge is 0.323 e. The van der Waals surface area contributed by atoms with E-state index in [2.05, 4.69) is 50.4 Å². The van der Waals surface area contributed by atoms with Crippen LogP contribution in [0, 0.1) is 0 Å². The molecule has 1 aromatic heterocycles. The Morgan fingerprint density at radius 1 is 0.968 bits per heavy atom. The molecule has 4 nitrogen and oxygen atoms in total. The zero-order valence-corrected chi connectivity index (χ0v) is 18.9. The molecule has 0 aliphatic rings. The van der Waals surface area contributed by atoms with Crippen LogP contribution in [0.3, 0.4) is 0 Å². The molecule has 4 rings (SSSR count). The molecular weight excluding hydrogens is 406 g/mol. The van der Waals surface area contributed by atoms with Crippen molar-refractivity contribution in [2.45, 2.75) is 39.2 Å². The van der Waals surface area contributed by atoms with Crippen molar-refractivity contribution in [1.29, 1.82) is 0 Å². The maximum Gasteiger partial charge on any atom is 0.247 e. The van der Waals surface area contributed by atoms with E-state index < -0.39 is 6.04 Å². The lowest BCUT2D eigenvalue weighted by molar-refractivity contribution is -0.118. The SMILES string of the molecule is CC(C(=O)Nc1ccccc1Cl)n1c(-c2ccc(C(C)(C)C)cc2)nc2ccccc21. The Balaban J connectivity index is 1.76. The Hall–Kier alpha value is -3.11. The maximum atomic E-state index is 13.2. The number of rotatable bonds is 4. The van der Waals surface area contributed by atoms with Gasteiger partial charge in [0, 0.05) is 5.56 Å². The highest BCUT2D eigenvalue weighted by Gasteiger charge is 2.23. The summed E-state index contributed by atoms with van der Waals surface area (Å²) in [5.41, 5.74) is 4.67. The highest BCUT2D eigenvalue weighted by Crippen LogP contribution is 2.31. The molecule has 5 heteroatoms. The summed E-state index contributed by atoms with van der Waals surface area (Å²) in [5.74, 6) is 0.618. The first-order chi connectivity index (χ1) is 14.8. The Kier molecular flexibility index (Phi) is 5.59. The van der Waals surface area contributed by atoms with Gasteiger partial charge in [0.1, 0.15) is 11.9 Å². The molecule has 0 saturated heterocycles. The molecule has 1 amide bonds. The van der Waals surface area contributed by atoms with Crippen LogP contribution < -0.4 is 5.32 Å². The van der Waals surface area contributed by atoms with Crippen LogP contribution in [0.4, 0.5) is 5.69 Å². The van der Waals surface area contributed by atoms with E-state index in [1.165, 1.54) is 5.56 Å². The third kappa shape index (κ3) is 4.21. The fourth-order valence-electron chi connectivity index (χ4n) is 3.68. The highest BCUT2D eigenvalue weighted by molar-refractivity contribution is 6.33. The van der Waals surface area contributed by atoms with Crippen LogP contribution in [0.25, 0.3) is 22.4 Å². The number of fused-ring (bicyclic) bond motifs is 1. The summed E-state index contributed by atoms with van der Waals surface area (Å²) in [5, 5.41) is 3.46. The zero-order chi connectivity index (χ0) is 22.2. The van der Waals surface area contributed by atoms with Crippen molar-refractivity contribution in [1.82, 2.24) is 9.55 Å². The number of carbonyl (C=O) groups is 1. The number of nitrogens with one attached hydrogen (secondary N) is 1.